The minimum absolute atomic E-state index is 0.0608. The van der Waals surface area contributed by atoms with E-state index in [1.54, 1.807) is 23.8 Å². The van der Waals surface area contributed by atoms with E-state index in [0.29, 0.717) is 30.2 Å². The van der Waals surface area contributed by atoms with E-state index in [-0.39, 0.29) is 11.3 Å². The Labute approximate surface area is 186 Å². The van der Waals surface area contributed by atoms with Crippen molar-refractivity contribution < 1.29 is 19.0 Å². The molecule has 0 saturated heterocycles. The molecule has 0 atom stereocenters. The number of hydrogen-bond donors (Lipinski definition) is 0. The molecule has 32 heavy (non-hydrogen) atoms. The van der Waals surface area contributed by atoms with Crippen molar-refractivity contribution in [1.29, 1.82) is 0 Å². The quantitative estimate of drug-likeness (QED) is 0.421. The van der Waals surface area contributed by atoms with Gasteiger partial charge in [-0.15, -0.1) is 5.75 Å². The molecule has 0 bridgehead atoms. The Kier molecular flexibility index (Phi) is 6.12. The van der Waals surface area contributed by atoms with Gasteiger partial charge in [0.05, 0.1) is 25.5 Å². The van der Waals surface area contributed by atoms with Crippen molar-refractivity contribution in [2.75, 3.05) is 13.7 Å². The number of hydrogen-bond acceptors (Lipinski definition) is 4. The number of nitrogens with zero attached hydrogens (tertiary/aromatic N) is 2. The van der Waals surface area contributed by atoms with Crippen molar-refractivity contribution in [2.45, 2.75) is 26.8 Å². The Bertz CT molecular complexity index is 1310. The first-order chi connectivity index (χ1) is 15.5. The first kappa shape index (κ1) is 21.4. The Morgan fingerprint density at radius 3 is 2.53 bits per heavy atom. The zero-order chi connectivity index (χ0) is 22.7. The molecule has 6 nitrogen and oxygen atoms in total. The lowest BCUT2D eigenvalue weighted by atomic mass is 10.1. The predicted octanol–water partition coefficient (Wildman–Crippen LogP) is 3.48. The van der Waals surface area contributed by atoms with E-state index in [4.69, 9.17) is 9.47 Å². The van der Waals surface area contributed by atoms with Crippen LogP contribution in [0.15, 0.2) is 71.7 Å². The maximum Gasteiger partial charge on any atom is 0.341 e. The van der Waals surface area contributed by atoms with Gasteiger partial charge >= 0.3 is 5.56 Å². The van der Waals surface area contributed by atoms with E-state index >= 15 is 0 Å². The summed E-state index contributed by atoms with van der Waals surface area (Å²) in [6.07, 6.45) is 2.84. The Hall–Kier alpha value is -3.80. The predicted molar refractivity (Wildman–Crippen MR) is 121 cm³/mol. The molecular weight excluding hydrogens is 404 g/mol. The summed E-state index contributed by atoms with van der Waals surface area (Å²) in [6.45, 7) is 4.87. The van der Waals surface area contributed by atoms with Crippen LogP contribution in [0.5, 0.6) is 17.2 Å². The largest absolute Gasteiger partial charge is 0.872 e. The van der Waals surface area contributed by atoms with Crippen molar-refractivity contribution in [1.82, 2.24) is 4.57 Å². The van der Waals surface area contributed by atoms with Gasteiger partial charge in [-0.3, -0.25) is 0 Å². The first-order valence-electron chi connectivity index (χ1n) is 10.6. The molecule has 2 aromatic carbocycles. The molecule has 0 aliphatic heterocycles. The van der Waals surface area contributed by atoms with Crippen LogP contribution in [0, 0.1) is 6.92 Å². The van der Waals surface area contributed by atoms with Crippen molar-refractivity contribution in [3.8, 4) is 28.5 Å². The minimum Gasteiger partial charge on any atom is -0.872 e. The second-order valence-electron chi connectivity index (χ2n) is 7.65. The fourth-order valence-corrected chi connectivity index (χ4v) is 3.88. The van der Waals surface area contributed by atoms with E-state index in [0.717, 1.165) is 28.9 Å². The van der Waals surface area contributed by atoms with Crippen LogP contribution in [0.1, 0.15) is 24.5 Å². The summed E-state index contributed by atoms with van der Waals surface area (Å²) in [6, 6.07) is 18.1. The van der Waals surface area contributed by atoms with Crippen molar-refractivity contribution in [3.05, 3.63) is 88.3 Å². The van der Waals surface area contributed by atoms with Crippen LogP contribution in [0.25, 0.3) is 16.9 Å². The van der Waals surface area contributed by atoms with Crippen molar-refractivity contribution in [2.24, 2.45) is 0 Å². The van der Waals surface area contributed by atoms with Crippen LogP contribution in [0.3, 0.4) is 0 Å². The molecule has 0 fully saturated rings. The first-order valence-corrected chi connectivity index (χ1v) is 10.6. The molecule has 2 aromatic heterocycles. The highest BCUT2D eigenvalue weighted by Gasteiger charge is 2.22. The highest BCUT2D eigenvalue weighted by atomic mass is 16.5. The van der Waals surface area contributed by atoms with Gasteiger partial charge in [-0.25, -0.2) is 4.79 Å². The fourth-order valence-electron chi connectivity index (χ4n) is 3.88. The zero-order valence-corrected chi connectivity index (χ0v) is 18.5. The molecule has 0 N–H and O–H groups in total. The fraction of sp³-hybridized carbons (Fsp3) is 0.231. The number of rotatable bonds is 7. The molecule has 164 valence electrons. The van der Waals surface area contributed by atoms with Gasteiger partial charge < -0.3 is 14.6 Å². The van der Waals surface area contributed by atoms with E-state index in [1.165, 1.54) is 12.1 Å². The molecule has 2 heterocycles. The van der Waals surface area contributed by atoms with Gasteiger partial charge in [0.1, 0.15) is 6.54 Å². The second kappa shape index (κ2) is 9.14. The molecule has 0 aliphatic rings. The molecule has 0 aliphatic carbocycles. The maximum atomic E-state index is 13.4. The third-order valence-electron chi connectivity index (χ3n) is 5.44. The van der Waals surface area contributed by atoms with E-state index < -0.39 is 0 Å². The SMILES string of the molecule is CCCOc1ccc(Cn2c(=O)c(C)c(-c3ccc([O-])cc3)[n+]3ccccc23)cc1OC. The smallest absolute Gasteiger partial charge is 0.341 e. The average Bonchev–Trinajstić information content (AvgIpc) is 2.82. The summed E-state index contributed by atoms with van der Waals surface area (Å²) >= 11 is 0. The minimum atomic E-state index is -0.0809. The van der Waals surface area contributed by atoms with Gasteiger partial charge in [0.25, 0.3) is 5.65 Å². The van der Waals surface area contributed by atoms with Crippen LogP contribution in [-0.2, 0) is 6.54 Å². The molecule has 4 rings (SSSR count). The number of aromatic nitrogens is 2. The molecule has 0 unspecified atom stereocenters. The molecule has 6 heteroatoms. The van der Waals surface area contributed by atoms with E-state index in [2.05, 4.69) is 6.92 Å². The summed E-state index contributed by atoms with van der Waals surface area (Å²) in [5, 5.41) is 11.6. The third kappa shape index (κ3) is 4.04. The number of fused-ring (bicyclic) bond motifs is 1. The van der Waals surface area contributed by atoms with Gasteiger partial charge in [0, 0.05) is 11.6 Å². The zero-order valence-electron chi connectivity index (χ0n) is 18.5. The van der Waals surface area contributed by atoms with Gasteiger partial charge in [0.15, 0.2) is 17.2 Å². The summed E-state index contributed by atoms with van der Waals surface area (Å²) < 4.78 is 15.0. The summed E-state index contributed by atoms with van der Waals surface area (Å²) in [7, 11) is 1.61. The lowest BCUT2D eigenvalue weighted by Gasteiger charge is -2.13. The monoisotopic (exact) mass is 430 g/mol. The second-order valence-corrected chi connectivity index (χ2v) is 7.65. The topological polar surface area (TPSA) is 67.6 Å². The molecular formula is C26H26N2O4. The number of pyridine rings is 1. The maximum absolute atomic E-state index is 13.4. The van der Waals surface area contributed by atoms with E-state index in [9.17, 15) is 9.90 Å². The molecule has 0 spiro atoms. The van der Waals surface area contributed by atoms with Gasteiger partial charge in [-0.2, -0.15) is 8.97 Å². The van der Waals surface area contributed by atoms with Gasteiger partial charge in [-0.05, 0) is 37.1 Å². The van der Waals surface area contributed by atoms with Crippen LogP contribution >= 0.6 is 0 Å². The molecule has 0 radical (unpaired) electrons. The number of benzene rings is 2. The van der Waals surface area contributed by atoms with E-state index in [1.807, 2.05) is 53.9 Å². The number of methoxy groups -OCH3 is 1. The Morgan fingerprint density at radius 2 is 1.81 bits per heavy atom. The average molecular weight is 431 g/mol. The number of ether oxygens (including phenoxy) is 2. The van der Waals surface area contributed by atoms with Crippen LogP contribution in [0.4, 0.5) is 0 Å². The van der Waals surface area contributed by atoms with Crippen molar-refractivity contribution in [3.63, 3.8) is 0 Å². The van der Waals surface area contributed by atoms with Crippen LogP contribution in [-0.4, -0.2) is 18.3 Å². The van der Waals surface area contributed by atoms with Crippen LogP contribution in [0.2, 0.25) is 0 Å². The molecule has 0 amide bonds. The highest BCUT2D eigenvalue weighted by Crippen LogP contribution is 2.29. The van der Waals surface area contributed by atoms with Gasteiger partial charge in [0.2, 0.25) is 0 Å². The summed E-state index contributed by atoms with van der Waals surface area (Å²) in [4.78, 5) is 13.4. The molecule has 4 aromatic rings. The normalized spacial score (nSPS) is 11.0. The summed E-state index contributed by atoms with van der Waals surface area (Å²) in [5.41, 5.74) is 3.83. The lowest BCUT2D eigenvalue weighted by molar-refractivity contribution is -0.504. The highest BCUT2D eigenvalue weighted by molar-refractivity contribution is 5.61. The Morgan fingerprint density at radius 1 is 1.03 bits per heavy atom. The third-order valence-corrected chi connectivity index (χ3v) is 5.44. The van der Waals surface area contributed by atoms with Gasteiger partial charge in [-0.1, -0.05) is 43.3 Å². The van der Waals surface area contributed by atoms with Crippen molar-refractivity contribution >= 4 is 5.65 Å². The Balaban J connectivity index is 1.83. The van der Waals surface area contributed by atoms with Crippen LogP contribution < -0.4 is 24.5 Å². The summed E-state index contributed by atoms with van der Waals surface area (Å²) in [5.74, 6) is 1.28. The molecule has 0 saturated carbocycles. The lowest BCUT2D eigenvalue weighted by Crippen LogP contribution is -2.38. The standard InChI is InChI=1S/C26H26N2O4/c1-4-15-32-22-13-8-19(16-23(22)31-3)17-28-24-7-5-6-14-27(24)25(18(2)26(28)30)20-9-11-21(29)12-10-20/h5-14,16H,4,15,17H2,1-3H3.